The van der Waals surface area contributed by atoms with Gasteiger partial charge in [-0.25, -0.2) is 4.98 Å². The molecular formula is C32H48N6O2. The van der Waals surface area contributed by atoms with E-state index in [4.69, 9.17) is 4.98 Å². The highest BCUT2D eigenvalue weighted by Gasteiger charge is 2.50. The van der Waals surface area contributed by atoms with Gasteiger partial charge in [-0.2, -0.15) is 0 Å². The van der Waals surface area contributed by atoms with Crippen molar-refractivity contribution in [2.24, 2.45) is 28.6 Å². The van der Waals surface area contributed by atoms with Crippen molar-refractivity contribution in [1.82, 2.24) is 29.8 Å². The van der Waals surface area contributed by atoms with Crippen LogP contribution in [0.4, 0.5) is 0 Å². The van der Waals surface area contributed by atoms with E-state index >= 15 is 0 Å². The normalized spacial score (nSPS) is 30.6. The average Bonchev–Trinajstić information content (AvgIpc) is 3.33. The van der Waals surface area contributed by atoms with E-state index < -0.39 is 0 Å². The number of fused-ring (bicyclic) bond motifs is 1. The van der Waals surface area contributed by atoms with E-state index in [2.05, 4.69) is 48.4 Å². The predicted molar refractivity (Wildman–Crippen MR) is 157 cm³/mol. The maximum Gasteiger partial charge on any atom is 0.274 e. The number of amides is 2. The van der Waals surface area contributed by atoms with Gasteiger partial charge in [-0.15, -0.1) is 0 Å². The van der Waals surface area contributed by atoms with Gasteiger partial charge in [-0.1, -0.05) is 19.9 Å². The molecule has 1 unspecified atom stereocenters. The molecule has 4 aliphatic carbocycles. The summed E-state index contributed by atoms with van der Waals surface area (Å²) in [6, 6.07) is 5.75. The summed E-state index contributed by atoms with van der Waals surface area (Å²) in [6.45, 7) is 8.65. The van der Waals surface area contributed by atoms with Crippen LogP contribution in [0.15, 0.2) is 24.4 Å². The number of imidazole rings is 1. The fourth-order valence-corrected chi connectivity index (χ4v) is 9.00. The molecule has 8 heteroatoms. The van der Waals surface area contributed by atoms with E-state index in [1.807, 2.05) is 22.6 Å². The minimum Gasteiger partial charge on any atom is -0.350 e. The SMILES string of the molecule is CN(C)CCCN(C(=O)c1cn2c(C(=O)NCC34CC5CC(CC(C5)C3)C4)cccc2n1)C1CCNCC1(C)C. The lowest BCUT2D eigenvalue weighted by Gasteiger charge is -2.56. The average molecular weight is 549 g/mol. The molecule has 5 aliphatic rings. The molecule has 4 saturated carbocycles. The van der Waals surface area contributed by atoms with Crippen molar-refractivity contribution >= 4 is 17.5 Å². The first-order valence-electron chi connectivity index (χ1n) is 15.6. The van der Waals surface area contributed by atoms with Gasteiger partial charge in [0.05, 0.1) is 0 Å². The fraction of sp³-hybridized carbons (Fsp3) is 0.719. The Bertz CT molecular complexity index is 1210. The Morgan fingerprint density at radius 1 is 1.07 bits per heavy atom. The largest absolute Gasteiger partial charge is 0.350 e. The zero-order chi connectivity index (χ0) is 28.1. The maximum absolute atomic E-state index is 14.1. The minimum atomic E-state index is -0.0694. The van der Waals surface area contributed by atoms with Crippen LogP contribution < -0.4 is 10.6 Å². The number of nitrogens with zero attached hydrogens (tertiary/aromatic N) is 4. The molecule has 1 aliphatic heterocycles. The van der Waals surface area contributed by atoms with Gasteiger partial charge in [-0.05, 0) is 119 Å². The summed E-state index contributed by atoms with van der Waals surface area (Å²) in [5, 5.41) is 6.81. The lowest BCUT2D eigenvalue weighted by molar-refractivity contribution is -0.0503. The molecule has 0 aromatic carbocycles. The summed E-state index contributed by atoms with van der Waals surface area (Å²) < 4.78 is 1.81. The summed E-state index contributed by atoms with van der Waals surface area (Å²) in [6.07, 6.45) is 11.6. The Morgan fingerprint density at radius 2 is 1.77 bits per heavy atom. The van der Waals surface area contributed by atoms with Crippen molar-refractivity contribution in [2.75, 3.05) is 46.8 Å². The molecule has 2 N–H and O–H groups in total. The van der Waals surface area contributed by atoms with Gasteiger partial charge >= 0.3 is 0 Å². The Balaban J connectivity index is 1.21. The molecule has 7 rings (SSSR count). The monoisotopic (exact) mass is 548 g/mol. The smallest absolute Gasteiger partial charge is 0.274 e. The van der Waals surface area contributed by atoms with E-state index in [1.54, 1.807) is 6.20 Å². The first-order chi connectivity index (χ1) is 19.1. The number of aromatic nitrogens is 2. The van der Waals surface area contributed by atoms with Gasteiger partial charge in [0.15, 0.2) is 0 Å². The number of rotatable bonds is 9. The third-order valence-electron chi connectivity index (χ3n) is 10.5. The molecule has 0 spiro atoms. The van der Waals surface area contributed by atoms with E-state index in [0.29, 0.717) is 23.6 Å². The van der Waals surface area contributed by atoms with E-state index in [0.717, 1.165) is 56.8 Å². The number of carbonyl (C=O) groups excluding carboxylic acids is 2. The van der Waals surface area contributed by atoms with Crippen LogP contribution in [0.2, 0.25) is 0 Å². The first-order valence-corrected chi connectivity index (χ1v) is 15.6. The predicted octanol–water partition coefficient (Wildman–Crippen LogP) is 4.06. The summed E-state index contributed by atoms with van der Waals surface area (Å²) in [5.74, 6) is 2.47. The summed E-state index contributed by atoms with van der Waals surface area (Å²) in [4.78, 5) is 36.6. The number of carbonyl (C=O) groups is 2. The van der Waals surface area contributed by atoms with E-state index in [9.17, 15) is 9.59 Å². The van der Waals surface area contributed by atoms with Crippen molar-refractivity contribution in [3.8, 4) is 0 Å². The molecule has 40 heavy (non-hydrogen) atoms. The fourth-order valence-electron chi connectivity index (χ4n) is 9.00. The number of hydrogen-bond acceptors (Lipinski definition) is 5. The summed E-state index contributed by atoms with van der Waals surface area (Å²) in [7, 11) is 4.14. The number of hydrogen-bond donors (Lipinski definition) is 2. The van der Waals surface area contributed by atoms with E-state index in [1.165, 1.54) is 38.5 Å². The Hall–Kier alpha value is -2.45. The second kappa shape index (κ2) is 10.8. The molecule has 0 radical (unpaired) electrons. The molecular weight excluding hydrogens is 500 g/mol. The lowest BCUT2D eigenvalue weighted by atomic mass is 9.49. The van der Waals surface area contributed by atoms with Crippen molar-refractivity contribution in [3.05, 3.63) is 35.8 Å². The maximum atomic E-state index is 14.1. The van der Waals surface area contributed by atoms with Crippen LogP contribution in [0.3, 0.4) is 0 Å². The highest BCUT2D eigenvalue weighted by atomic mass is 16.2. The van der Waals surface area contributed by atoms with Crippen molar-refractivity contribution in [2.45, 2.75) is 71.3 Å². The molecule has 1 atom stereocenters. The second-order valence-electron chi connectivity index (χ2n) is 14.5. The van der Waals surface area contributed by atoms with Crippen molar-refractivity contribution in [1.29, 1.82) is 0 Å². The first kappa shape index (κ1) is 27.7. The molecule has 2 amide bonds. The standard InChI is InChI=1S/C32H48N6O2/c1-31(2)20-33-10-9-27(31)37(12-6-11-36(3)4)30(40)25-19-38-26(7-5-8-28(38)35-25)29(39)34-21-32-16-22-13-23(17-32)15-24(14-22)18-32/h5,7-8,19,22-24,27,33H,6,9-18,20-21H2,1-4H3,(H,34,39). The zero-order valence-corrected chi connectivity index (χ0v) is 24.9. The van der Waals surface area contributed by atoms with Crippen LogP contribution in [0.1, 0.15) is 86.2 Å². The van der Waals surface area contributed by atoms with Gasteiger partial charge in [0.25, 0.3) is 11.8 Å². The van der Waals surface area contributed by atoms with Gasteiger partial charge in [0.1, 0.15) is 17.0 Å². The third kappa shape index (κ3) is 5.41. The molecule has 4 bridgehead atoms. The third-order valence-corrected chi connectivity index (χ3v) is 10.5. The molecule has 1 saturated heterocycles. The highest BCUT2D eigenvalue weighted by molar-refractivity contribution is 5.95. The Kier molecular flexibility index (Phi) is 7.45. The van der Waals surface area contributed by atoms with Gasteiger partial charge in [-0.3, -0.25) is 14.0 Å². The van der Waals surface area contributed by atoms with Gasteiger partial charge in [0, 0.05) is 31.9 Å². The van der Waals surface area contributed by atoms with Crippen molar-refractivity contribution < 1.29 is 9.59 Å². The Morgan fingerprint density at radius 3 is 2.42 bits per heavy atom. The van der Waals surface area contributed by atoms with Crippen LogP contribution in [-0.4, -0.2) is 83.9 Å². The van der Waals surface area contributed by atoms with Crippen LogP contribution in [0, 0.1) is 28.6 Å². The molecule has 2 aromatic heterocycles. The van der Waals surface area contributed by atoms with Crippen molar-refractivity contribution in [3.63, 3.8) is 0 Å². The van der Waals surface area contributed by atoms with Gasteiger partial charge in [0.2, 0.25) is 0 Å². The second-order valence-corrected chi connectivity index (χ2v) is 14.5. The quantitative estimate of drug-likeness (QED) is 0.494. The summed E-state index contributed by atoms with van der Waals surface area (Å²) >= 11 is 0. The van der Waals surface area contributed by atoms with Crippen LogP contribution >= 0.6 is 0 Å². The van der Waals surface area contributed by atoms with E-state index in [-0.39, 0.29) is 28.7 Å². The molecule has 3 heterocycles. The highest BCUT2D eigenvalue weighted by Crippen LogP contribution is 2.59. The van der Waals surface area contributed by atoms with Crippen LogP contribution in [0.5, 0.6) is 0 Å². The number of piperidine rings is 1. The minimum absolute atomic E-state index is 0.0342. The van der Waals surface area contributed by atoms with Gasteiger partial charge < -0.3 is 20.4 Å². The van der Waals surface area contributed by atoms with Crippen LogP contribution in [0.25, 0.3) is 5.65 Å². The number of pyridine rings is 1. The molecule has 218 valence electrons. The zero-order valence-electron chi connectivity index (χ0n) is 24.9. The molecule has 5 fully saturated rings. The lowest BCUT2D eigenvalue weighted by Crippen LogP contribution is -2.56. The number of nitrogens with one attached hydrogen (secondary N) is 2. The van der Waals surface area contributed by atoms with Crippen LogP contribution in [-0.2, 0) is 0 Å². The summed E-state index contributed by atoms with van der Waals surface area (Å²) in [5.41, 5.74) is 1.86. The Labute approximate surface area is 239 Å². The molecule has 2 aromatic rings. The topological polar surface area (TPSA) is 82.0 Å². The molecule has 8 nitrogen and oxygen atoms in total.